The average Bonchev–Trinajstić information content (AvgIpc) is 3.08. The second kappa shape index (κ2) is 5.42. The molecule has 1 heterocycles. The van der Waals surface area contributed by atoms with Crippen LogP contribution in [0.25, 0.3) is 5.57 Å². The maximum Gasteiger partial charge on any atom is 0.328 e. The van der Waals surface area contributed by atoms with Crippen LogP contribution in [0.15, 0.2) is 47.9 Å². The third-order valence-electron chi connectivity index (χ3n) is 3.71. The summed E-state index contributed by atoms with van der Waals surface area (Å²) in [6, 6.07) is 10.8. The Balaban J connectivity index is 1.94. The van der Waals surface area contributed by atoms with Crippen LogP contribution in [0.4, 0.5) is 0 Å². The molecular weight excluding hydrogens is 300 g/mol. The number of ether oxygens (including phenoxy) is 2. The molecule has 1 aromatic carbocycles. The van der Waals surface area contributed by atoms with Crippen LogP contribution in [0, 0.1) is 5.41 Å². The van der Waals surface area contributed by atoms with E-state index < -0.39 is 11.4 Å². The van der Waals surface area contributed by atoms with Crippen molar-refractivity contribution >= 4 is 28.7 Å². The standard InChI is InChI=1S/C17H14O4S/c1-20-12-7-5-11(6-8-12)13-10-17(13,16(19)21-2)15(18)14-4-3-9-22-14/h3-10H,1-2H3. The first-order valence-corrected chi connectivity index (χ1v) is 7.56. The van der Waals surface area contributed by atoms with Gasteiger partial charge in [0, 0.05) is 0 Å². The highest BCUT2D eigenvalue weighted by molar-refractivity contribution is 7.12. The number of rotatable bonds is 5. The Kier molecular flexibility index (Phi) is 3.58. The van der Waals surface area contributed by atoms with Gasteiger partial charge in [-0.2, -0.15) is 0 Å². The van der Waals surface area contributed by atoms with Crippen molar-refractivity contribution in [3.63, 3.8) is 0 Å². The van der Waals surface area contributed by atoms with Crippen LogP contribution < -0.4 is 4.74 Å². The van der Waals surface area contributed by atoms with Crippen LogP contribution in [0.2, 0.25) is 0 Å². The van der Waals surface area contributed by atoms with Gasteiger partial charge in [-0.3, -0.25) is 9.59 Å². The number of esters is 1. The van der Waals surface area contributed by atoms with Crippen molar-refractivity contribution < 1.29 is 19.1 Å². The SMILES string of the molecule is COC(=O)C1(C(=O)c2cccs2)C=C1c1ccc(OC)cc1. The van der Waals surface area contributed by atoms with E-state index in [4.69, 9.17) is 9.47 Å². The van der Waals surface area contributed by atoms with Gasteiger partial charge < -0.3 is 9.47 Å². The zero-order valence-corrected chi connectivity index (χ0v) is 13.0. The van der Waals surface area contributed by atoms with E-state index in [1.807, 2.05) is 17.5 Å². The van der Waals surface area contributed by atoms with Gasteiger partial charge in [-0.1, -0.05) is 18.2 Å². The molecule has 112 valence electrons. The van der Waals surface area contributed by atoms with Gasteiger partial charge in [0.2, 0.25) is 0 Å². The van der Waals surface area contributed by atoms with Crippen molar-refractivity contribution in [3.05, 3.63) is 58.3 Å². The Labute approximate surface area is 132 Å². The molecule has 0 N–H and O–H groups in total. The van der Waals surface area contributed by atoms with Crippen molar-refractivity contribution in [2.75, 3.05) is 14.2 Å². The molecule has 4 nitrogen and oxygen atoms in total. The molecule has 1 aliphatic carbocycles. The maximum absolute atomic E-state index is 12.7. The molecule has 0 radical (unpaired) electrons. The van der Waals surface area contributed by atoms with Crippen LogP contribution in [0.1, 0.15) is 15.2 Å². The molecule has 22 heavy (non-hydrogen) atoms. The van der Waals surface area contributed by atoms with E-state index >= 15 is 0 Å². The second-order valence-corrected chi connectivity index (χ2v) is 5.84. The van der Waals surface area contributed by atoms with Crippen molar-refractivity contribution in [2.24, 2.45) is 5.41 Å². The Hall–Kier alpha value is -2.40. The molecule has 1 aromatic heterocycles. The first-order valence-electron chi connectivity index (χ1n) is 6.68. The molecule has 0 saturated heterocycles. The van der Waals surface area contributed by atoms with Crippen LogP contribution in [-0.2, 0) is 9.53 Å². The zero-order valence-electron chi connectivity index (χ0n) is 12.2. The molecule has 1 atom stereocenters. The van der Waals surface area contributed by atoms with E-state index in [0.29, 0.717) is 10.5 Å². The second-order valence-electron chi connectivity index (χ2n) is 4.89. The van der Waals surface area contributed by atoms with Crippen molar-refractivity contribution in [3.8, 4) is 5.75 Å². The highest BCUT2D eigenvalue weighted by Crippen LogP contribution is 2.54. The number of carbonyl (C=O) groups is 2. The minimum atomic E-state index is -1.28. The summed E-state index contributed by atoms with van der Waals surface area (Å²) >= 11 is 1.32. The first-order chi connectivity index (χ1) is 10.6. The summed E-state index contributed by atoms with van der Waals surface area (Å²) in [6.45, 7) is 0. The summed E-state index contributed by atoms with van der Waals surface area (Å²) in [5.74, 6) is -0.0601. The quantitative estimate of drug-likeness (QED) is 0.483. The van der Waals surface area contributed by atoms with Crippen LogP contribution in [-0.4, -0.2) is 26.0 Å². The lowest BCUT2D eigenvalue weighted by molar-refractivity contribution is -0.143. The fraction of sp³-hybridized carbons (Fsp3) is 0.176. The molecule has 0 fully saturated rings. The normalized spacial score (nSPS) is 19.3. The summed E-state index contributed by atoms with van der Waals surface area (Å²) in [6.07, 6.45) is 1.67. The number of carbonyl (C=O) groups excluding carboxylic acids is 2. The van der Waals surface area contributed by atoms with Gasteiger partial charge in [0.1, 0.15) is 5.75 Å². The lowest BCUT2D eigenvalue weighted by Gasteiger charge is -2.14. The molecule has 1 unspecified atom stereocenters. The molecular formula is C17H14O4S. The predicted molar refractivity (Wildman–Crippen MR) is 84.1 cm³/mol. The molecule has 0 saturated carbocycles. The number of thiophene rings is 1. The zero-order chi connectivity index (χ0) is 15.7. The monoisotopic (exact) mass is 314 g/mol. The third-order valence-corrected chi connectivity index (χ3v) is 4.58. The topological polar surface area (TPSA) is 52.6 Å². The number of Topliss-reactive ketones (excluding diaryl/α,β-unsaturated/α-hetero) is 1. The summed E-state index contributed by atoms with van der Waals surface area (Å²) < 4.78 is 9.98. The summed E-state index contributed by atoms with van der Waals surface area (Å²) in [4.78, 5) is 25.5. The highest BCUT2D eigenvalue weighted by Gasteiger charge is 2.59. The molecule has 5 heteroatoms. The van der Waals surface area contributed by atoms with E-state index in [2.05, 4.69) is 0 Å². The fourth-order valence-electron chi connectivity index (χ4n) is 2.47. The summed E-state index contributed by atoms with van der Waals surface area (Å²) in [7, 11) is 2.88. The van der Waals surface area contributed by atoms with E-state index in [1.54, 1.807) is 37.5 Å². The summed E-state index contributed by atoms with van der Waals surface area (Å²) in [5.41, 5.74) is 0.213. The van der Waals surface area contributed by atoms with Gasteiger partial charge in [0.25, 0.3) is 0 Å². The molecule has 0 spiro atoms. The van der Waals surface area contributed by atoms with Gasteiger partial charge in [0.15, 0.2) is 11.2 Å². The third kappa shape index (κ3) is 2.14. The maximum atomic E-state index is 12.7. The van der Waals surface area contributed by atoms with Crippen LogP contribution >= 0.6 is 11.3 Å². The highest BCUT2D eigenvalue weighted by atomic mass is 32.1. The smallest absolute Gasteiger partial charge is 0.328 e. The lowest BCUT2D eigenvalue weighted by atomic mass is 9.90. The lowest BCUT2D eigenvalue weighted by Crippen LogP contribution is -2.29. The summed E-state index contributed by atoms with van der Waals surface area (Å²) in [5, 5.41) is 1.81. The molecule has 2 aromatic rings. The van der Waals surface area contributed by atoms with E-state index in [-0.39, 0.29) is 5.78 Å². The molecule has 0 amide bonds. The van der Waals surface area contributed by atoms with Crippen molar-refractivity contribution in [1.82, 2.24) is 0 Å². The van der Waals surface area contributed by atoms with Crippen molar-refractivity contribution in [1.29, 1.82) is 0 Å². The number of ketones is 1. The number of methoxy groups -OCH3 is 2. The number of benzene rings is 1. The van der Waals surface area contributed by atoms with Crippen LogP contribution in [0.5, 0.6) is 5.75 Å². The largest absolute Gasteiger partial charge is 0.497 e. The Morgan fingerprint density at radius 3 is 2.36 bits per heavy atom. The molecule has 1 aliphatic rings. The van der Waals surface area contributed by atoms with Gasteiger partial charge in [-0.25, -0.2) is 0 Å². The Bertz CT molecular complexity index is 743. The number of hydrogen-bond donors (Lipinski definition) is 0. The van der Waals surface area contributed by atoms with Crippen molar-refractivity contribution in [2.45, 2.75) is 0 Å². The molecule has 0 aliphatic heterocycles. The van der Waals surface area contributed by atoms with Gasteiger partial charge in [-0.05, 0) is 40.8 Å². The van der Waals surface area contributed by atoms with Gasteiger partial charge >= 0.3 is 5.97 Å². The molecule has 3 rings (SSSR count). The van der Waals surface area contributed by atoms with E-state index in [0.717, 1.165) is 11.3 Å². The Morgan fingerprint density at radius 1 is 1.09 bits per heavy atom. The van der Waals surface area contributed by atoms with Crippen LogP contribution in [0.3, 0.4) is 0 Å². The fourth-order valence-corrected chi connectivity index (χ4v) is 3.20. The van der Waals surface area contributed by atoms with Gasteiger partial charge in [-0.15, -0.1) is 11.3 Å². The van der Waals surface area contributed by atoms with Gasteiger partial charge in [0.05, 0.1) is 19.1 Å². The number of hydrogen-bond acceptors (Lipinski definition) is 5. The van der Waals surface area contributed by atoms with E-state index in [9.17, 15) is 9.59 Å². The van der Waals surface area contributed by atoms with E-state index in [1.165, 1.54) is 18.4 Å². The Morgan fingerprint density at radius 2 is 1.82 bits per heavy atom. The average molecular weight is 314 g/mol. The minimum Gasteiger partial charge on any atom is -0.497 e. The predicted octanol–water partition coefficient (Wildman–Crippen LogP) is 3.20. The first kappa shape index (κ1) is 14.5. The molecule has 0 bridgehead atoms. The minimum absolute atomic E-state index is 0.236.